The topological polar surface area (TPSA) is 75.7 Å². The van der Waals surface area contributed by atoms with E-state index in [9.17, 15) is 13.2 Å². The highest BCUT2D eigenvalue weighted by Crippen LogP contribution is 2.25. The summed E-state index contributed by atoms with van der Waals surface area (Å²) in [5, 5.41) is 2.86. The van der Waals surface area contributed by atoms with Crippen LogP contribution >= 0.6 is 11.8 Å². The summed E-state index contributed by atoms with van der Waals surface area (Å²) in [6.45, 7) is 2.08. The van der Waals surface area contributed by atoms with E-state index in [4.69, 9.17) is 4.74 Å². The van der Waals surface area contributed by atoms with Gasteiger partial charge < -0.3 is 10.1 Å². The summed E-state index contributed by atoms with van der Waals surface area (Å²) in [6.07, 6.45) is 3.44. The molecule has 3 aromatic carbocycles. The molecule has 0 aliphatic rings. The van der Waals surface area contributed by atoms with Crippen LogP contribution in [0.15, 0.2) is 82.6 Å². The summed E-state index contributed by atoms with van der Waals surface area (Å²) in [6, 6.07) is 21.6. The Morgan fingerprint density at radius 3 is 2.38 bits per heavy atom. The highest BCUT2D eigenvalue weighted by molar-refractivity contribution is 7.98. The molecule has 0 aliphatic heterocycles. The number of hydrogen-bond acceptors (Lipinski definition) is 5. The van der Waals surface area contributed by atoms with Crippen LogP contribution in [0, 0.1) is 6.92 Å². The molecule has 180 valence electrons. The number of amides is 1. The number of carbonyl (C=O) groups is 1. The second-order valence-electron chi connectivity index (χ2n) is 7.83. The molecule has 3 aromatic rings. The Morgan fingerprint density at radius 1 is 1.03 bits per heavy atom. The number of thioether (sulfide) groups is 1. The second-order valence-corrected chi connectivity index (χ2v) is 10.6. The molecule has 0 aromatic heterocycles. The first kappa shape index (κ1) is 25.6. The van der Waals surface area contributed by atoms with E-state index in [1.54, 1.807) is 43.5 Å². The molecule has 34 heavy (non-hydrogen) atoms. The summed E-state index contributed by atoms with van der Waals surface area (Å²) in [7, 11) is -2.29. The molecule has 0 saturated carbocycles. The SMILES string of the molecule is COc1cccc(CCCNC(=O)CN(c2ccc(C)cc2)S(=O)(=O)c2ccc(SC)cc2)c1. The van der Waals surface area contributed by atoms with Crippen molar-refractivity contribution in [2.45, 2.75) is 29.6 Å². The Balaban J connectivity index is 1.69. The monoisotopic (exact) mass is 498 g/mol. The van der Waals surface area contributed by atoms with E-state index in [0.29, 0.717) is 12.2 Å². The van der Waals surface area contributed by atoms with Gasteiger partial charge >= 0.3 is 0 Å². The van der Waals surface area contributed by atoms with Crippen molar-refractivity contribution in [1.29, 1.82) is 0 Å². The molecule has 3 rings (SSSR count). The predicted molar refractivity (Wildman–Crippen MR) is 138 cm³/mol. The Labute approximate surface area is 206 Å². The number of methoxy groups -OCH3 is 1. The first-order valence-corrected chi connectivity index (χ1v) is 13.6. The van der Waals surface area contributed by atoms with Gasteiger partial charge in [0, 0.05) is 11.4 Å². The number of rotatable bonds is 11. The van der Waals surface area contributed by atoms with Crippen LogP contribution < -0.4 is 14.4 Å². The Bertz CT molecular complexity index is 1190. The molecule has 0 heterocycles. The zero-order valence-electron chi connectivity index (χ0n) is 19.7. The summed E-state index contributed by atoms with van der Waals surface area (Å²) >= 11 is 1.54. The highest BCUT2D eigenvalue weighted by atomic mass is 32.2. The average Bonchev–Trinajstić information content (AvgIpc) is 2.86. The molecule has 0 spiro atoms. The summed E-state index contributed by atoms with van der Waals surface area (Å²) in [5.41, 5.74) is 2.57. The van der Waals surface area contributed by atoms with Crippen molar-refractivity contribution in [2.24, 2.45) is 0 Å². The third-order valence-electron chi connectivity index (χ3n) is 5.36. The van der Waals surface area contributed by atoms with Crippen LogP contribution in [0.5, 0.6) is 5.75 Å². The van der Waals surface area contributed by atoms with Crippen molar-refractivity contribution in [1.82, 2.24) is 5.32 Å². The molecular formula is C26H30N2O4S2. The minimum atomic E-state index is -3.92. The van der Waals surface area contributed by atoms with E-state index in [-0.39, 0.29) is 17.3 Å². The maximum absolute atomic E-state index is 13.5. The average molecular weight is 499 g/mol. The molecule has 0 fully saturated rings. The molecule has 8 heteroatoms. The van der Waals surface area contributed by atoms with Crippen LogP contribution in [0.25, 0.3) is 0 Å². The summed E-state index contributed by atoms with van der Waals surface area (Å²) in [4.78, 5) is 13.9. The van der Waals surface area contributed by atoms with E-state index < -0.39 is 10.0 Å². The van der Waals surface area contributed by atoms with E-state index in [2.05, 4.69) is 5.32 Å². The van der Waals surface area contributed by atoms with Gasteiger partial charge in [-0.15, -0.1) is 11.8 Å². The van der Waals surface area contributed by atoms with Gasteiger partial charge in [0.25, 0.3) is 10.0 Å². The number of nitrogens with zero attached hydrogens (tertiary/aromatic N) is 1. The van der Waals surface area contributed by atoms with Gasteiger partial charge in [-0.2, -0.15) is 0 Å². The van der Waals surface area contributed by atoms with Gasteiger partial charge in [-0.3, -0.25) is 9.10 Å². The van der Waals surface area contributed by atoms with Gasteiger partial charge in [0.05, 0.1) is 17.7 Å². The standard InChI is InChI=1S/C26H30N2O4S2/c1-20-9-11-22(12-10-20)28(34(30,31)25-15-13-24(33-3)14-16-25)19-26(29)27-17-5-7-21-6-4-8-23(18-21)32-2/h4,6,8-16,18H,5,7,17,19H2,1-3H3,(H,27,29). The van der Waals surface area contributed by atoms with Crippen LogP contribution in [0.2, 0.25) is 0 Å². The van der Waals surface area contributed by atoms with Crippen LogP contribution in [-0.2, 0) is 21.2 Å². The lowest BCUT2D eigenvalue weighted by atomic mass is 10.1. The van der Waals surface area contributed by atoms with Gasteiger partial charge in [0.1, 0.15) is 12.3 Å². The normalized spacial score (nSPS) is 11.1. The number of nitrogens with one attached hydrogen (secondary N) is 1. The van der Waals surface area contributed by atoms with Crippen molar-refractivity contribution in [3.63, 3.8) is 0 Å². The molecule has 0 aliphatic carbocycles. The molecule has 0 atom stereocenters. The molecule has 6 nitrogen and oxygen atoms in total. The van der Waals surface area contributed by atoms with Gasteiger partial charge in [-0.05, 0) is 80.1 Å². The third kappa shape index (κ3) is 6.77. The Kier molecular flexibility index (Phi) is 9.01. The molecule has 0 unspecified atom stereocenters. The van der Waals surface area contributed by atoms with Crippen molar-refractivity contribution in [3.8, 4) is 5.75 Å². The van der Waals surface area contributed by atoms with E-state index >= 15 is 0 Å². The quantitative estimate of drug-likeness (QED) is 0.307. The Morgan fingerprint density at radius 2 is 1.74 bits per heavy atom. The lowest BCUT2D eigenvalue weighted by Gasteiger charge is -2.24. The number of aryl methyl sites for hydroxylation is 2. The predicted octanol–water partition coefficient (Wildman–Crippen LogP) is 4.67. The van der Waals surface area contributed by atoms with Gasteiger partial charge in [-0.1, -0.05) is 29.8 Å². The van der Waals surface area contributed by atoms with Crippen LogP contribution in [0.3, 0.4) is 0 Å². The molecule has 1 N–H and O–H groups in total. The Hall–Kier alpha value is -2.97. The lowest BCUT2D eigenvalue weighted by Crippen LogP contribution is -2.41. The van der Waals surface area contributed by atoms with E-state index in [1.165, 1.54) is 11.8 Å². The fourth-order valence-corrected chi connectivity index (χ4v) is 5.26. The van der Waals surface area contributed by atoms with Crippen LogP contribution in [0.4, 0.5) is 5.69 Å². The zero-order chi connectivity index (χ0) is 24.6. The van der Waals surface area contributed by atoms with Crippen LogP contribution in [0.1, 0.15) is 17.5 Å². The fourth-order valence-electron chi connectivity index (χ4n) is 3.44. The van der Waals surface area contributed by atoms with E-state index in [0.717, 1.165) is 38.9 Å². The third-order valence-corrected chi connectivity index (χ3v) is 7.89. The maximum Gasteiger partial charge on any atom is 0.264 e. The maximum atomic E-state index is 13.5. The minimum absolute atomic E-state index is 0.150. The summed E-state index contributed by atoms with van der Waals surface area (Å²) < 4.78 is 33.3. The molecule has 1 amide bonds. The number of carbonyl (C=O) groups excluding carboxylic acids is 1. The number of sulfonamides is 1. The number of ether oxygens (including phenoxy) is 1. The van der Waals surface area contributed by atoms with Crippen molar-refractivity contribution in [2.75, 3.05) is 30.8 Å². The van der Waals surface area contributed by atoms with Crippen molar-refractivity contribution in [3.05, 3.63) is 83.9 Å². The smallest absolute Gasteiger partial charge is 0.264 e. The number of hydrogen-bond donors (Lipinski definition) is 1. The first-order valence-electron chi connectivity index (χ1n) is 11.0. The second kappa shape index (κ2) is 11.9. The molecular weight excluding hydrogens is 468 g/mol. The molecule has 0 saturated heterocycles. The van der Waals surface area contributed by atoms with Crippen molar-refractivity contribution >= 4 is 33.4 Å². The van der Waals surface area contributed by atoms with Crippen LogP contribution in [-0.4, -0.2) is 40.8 Å². The van der Waals surface area contributed by atoms with Crippen molar-refractivity contribution < 1.29 is 17.9 Å². The number of benzene rings is 3. The summed E-state index contributed by atoms with van der Waals surface area (Å²) in [5.74, 6) is 0.446. The van der Waals surface area contributed by atoms with Gasteiger partial charge in [0.15, 0.2) is 0 Å². The fraction of sp³-hybridized carbons (Fsp3) is 0.269. The largest absolute Gasteiger partial charge is 0.497 e. The van der Waals surface area contributed by atoms with Gasteiger partial charge in [-0.25, -0.2) is 8.42 Å². The minimum Gasteiger partial charge on any atom is -0.497 e. The molecule has 0 bridgehead atoms. The zero-order valence-corrected chi connectivity index (χ0v) is 21.3. The van der Waals surface area contributed by atoms with E-state index in [1.807, 2.05) is 49.6 Å². The first-order chi connectivity index (χ1) is 16.3. The molecule has 0 radical (unpaired) electrons. The number of anilines is 1. The van der Waals surface area contributed by atoms with Gasteiger partial charge in [0.2, 0.25) is 5.91 Å². The lowest BCUT2D eigenvalue weighted by molar-refractivity contribution is -0.119. The highest BCUT2D eigenvalue weighted by Gasteiger charge is 2.27.